The van der Waals surface area contributed by atoms with Crippen LogP contribution in [0.4, 0.5) is 21.5 Å². The second kappa shape index (κ2) is 7.49. The van der Waals surface area contributed by atoms with E-state index in [1.807, 2.05) is 6.07 Å². The summed E-state index contributed by atoms with van der Waals surface area (Å²) < 4.78 is 14.1. The van der Waals surface area contributed by atoms with Crippen molar-refractivity contribution in [2.75, 3.05) is 17.3 Å². The number of halogens is 1. The van der Waals surface area contributed by atoms with Crippen LogP contribution >= 0.6 is 0 Å². The predicted octanol–water partition coefficient (Wildman–Crippen LogP) is 4.22. The third kappa shape index (κ3) is 3.87. The quantitative estimate of drug-likeness (QED) is 0.720. The van der Waals surface area contributed by atoms with Crippen LogP contribution in [0.1, 0.15) is 15.9 Å². The van der Waals surface area contributed by atoms with Gasteiger partial charge >= 0.3 is 0 Å². The van der Waals surface area contributed by atoms with Crippen molar-refractivity contribution in [1.82, 2.24) is 4.98 Å². The third-order valence-corrected chi connectivity index (χ3v) is 3.85. The van der Waals surface area contributed by atoms with Gasteiger partial charge in [0.05, 0.1) is 11.9 Å². The smallest absolute Gasteiger partial charge is 0.255 e. The molecular formula is C21H16FN3O. The Hall–Kier alpha value is -3.65. The molecule has 1 heterocycles. The van der Waals surface area contributed by atoms with Gasteiger partial charge in [-0.3, -0.25) is 9.78 Å². The van der Waals surface area contributed by atoms with Crippen LogP contribution in [0.2, 0.25) is 0 Å². The predicted molar refractivity (Wildman–Crippen MR) is 101 cm³/mol. The molecule has 1 N–H and O–H groups in total. The molecule has 0 unspecified atom stereocenters. The Morgan fingerprint density at radius 3 is 2.73 bits per heavy atom. The van der Waals surface area contributed by atoms with E-state index in [1.165, 1.54) is 12.1 Å². The van der Waals surface area contributed by atoms with Gasteiger partial charge in [-0.05, 0) is 48.5 Å². The van der Waals surface area contributed by atoms with Gasteiger partial charge in [0.1, 0.15) is 5.82 Å². The third-order valence-electron chi connectivity index (χ3n) is 3.85. The summed E-state index contributed by atoms with van der Waals surface area (Å²) in [5.41, 5.74) is 2.76. The van der Waals surface area contributed by atoms with Gasteiger partial charge in [-0.2, -0.15) is 0 Å². The number of rotatable bonds is 4. The summed E-state index contributed by atoms with van der Waals surface area (Å²) in [5, 5.41) is 2.71. The van der Waals surface area contributed by atoms with Crippen LogP contribution in [-0.2, 0) is 0 Å². The van der Waals surface area contributed by atoms with Gasteiger partial charge in [-0.15, -0.1) is 6.42 Å². The average molecular weight is 345 g/mol. The van der Waals surface area contributed by atoms with Gasteiger partial charge < -0.3 is 10.2 Å². The molecule has 0 atom stereocenters. The van der Waals surface area contributed by atoms with E-state index in [-0.39, 0.29) is 5.91 Å². The zero-order valence-electron chi connectivity index (χ0n) is 14.1. The lowest BCUT2D eigenvalue weighted by Gasteiger charge is -2.20. The number of nitrogens with zero attached hydrogens (tertiary/aromatic N) is 2. The zero-order valence-corrected chi connectivity index (χ0v) is 14.1. The zero-order chi connectivity index (χ0) is 18.5. The largest absolute Gasteiger partial charge is 0.343 e. The summed E-state index contributed by atoms with van der Waals surface area (Å²) in [4.78, 5) is 18.3. The summed E-state index contributed by atoms with van der Waals surface area (Å²) in [6.45, 7) is 0. The number of benzene rings is 2. The molecule has 128 valence electrons. The molecule has 26 heavy (non-hydrogen) atoms. The molecule has 1 aromatic heterocycles. The monoisotopic (exact) mass is 345 g/mol. The Balaban J connectivity index is 1.86. The first-order valence-corrected chi connectivity index (χ1v) is 7.89. The number of aromatic nitrogens is 1. The maximum atomic E-state index is 14.1. The lowest BCUT2D eigenvalue weighted by atomic mass is 10.1. The standard InChI is InChI=1S/C21H16FN3O/c1-3-15-6-4-7-16(10-15)21(26)24-18-11-17(22)12-20(13-18)25(2)19-8-5-9-23-14-19/h1,4-14H,2H3,(H,24,26). The fraction of sp³-hybridized carbons (Fsp3) is 0.0476. The summed E-state index contributed by atoms with van der Waals surface area (Å²) in [6, 6.07) is 14.7. The van der Waals surface area contributed by atoms with Crippen molar-refractivity contribution < 1.29 is 9.18 Å². The first-order chi connectivity index (χ1) is 12.6. The van der Waals surface area contributed by atoms with E-state index < -0.39 is 5.82 Å². The molecule has 0 fully saturated rings. The molecule has 0 aliphatic heterocycles. The van der Waals surface area contributed by atoms with Crippen LogP contribution in [0.3, 0.4) is 0 Å². The number of carbonyl (C=O) groups excluding carboxylic acids is 1. The molecule has 3 rings (SSSR count). The van der Waals surface area contributed by atoms with Gasteiger partial charge in [-0.25, -0.2) is 4.39 Å². The van der Waals surface area contributed by atoms with Crippen molar-refractivity contribution in [3.63, 3.8) is 0 Å². The van der Waals surface area contributed by atoms with Crippen LogP contribution in [-0.4, -0.2) is 17.9 Å². The minimum atomic E-state index is -0.453. The van der Waals surface area contributed by atoms with Crippen molar-refractivity contribution in [3.05, 3.63) is 83.9 Å². The van der Waals surface area contributed by atoms with Crippen LogP contribution in [0.15, 0.2) is 67.0 Å². The van der Waals surface area contributed by atoms with E-state index in [1.54, 1.807) is 60.7 Å². The molecule has 0 aliphatic rings. The molecule has 0 radical (unpaired) electrons. The maximum Gasteiger partial charge on any atom is 0.255 e. The normalized spacial score (nSPS) is 10.0. The van der Waals surface area contributed by atoms with E-state index in [0.717, 1.165) is 5.69 Å². The highest BCUT2D eigenvalue weighted by Crippen LogP contribution is 2.27. The minimum absolute atomic E-state index is 0.354. The number of nitrogens with one attached hydrogen (secondary N) is 1. The van der Waals surface area contributed by atoms with E-state index >= 15 is 0 Å². The highest BCUT2D eigenvalue weighted by molar-refractivity contribution is 6.04. The number of amides is 1. The van der Waals surface area contributed by atoms with Crippen molar-refractivity contribution in [3.8, 4) is 12.3 Å². The second-order valence-electron chi connectivity index (χ2n) is 5.65. The number of anilines is 3. The summed E-state index contributed by atoms with van der Waals surface area (Å²) in [7, 11) is 1.80. The summed E-state index contributed by atoms with van der Waals surface area (Å²) in [6.07, 6.45) is 8.70. The number of carbonyl (C=O) groups is 1. The molecule has 0 bridgehead atoms. The molecule has 0 saturated carbocycles. The van der Waals surface area contributed by atoms with Crippen LogP contribution in [0.25, 0.3) is 0 Å². The number of hydrogen-bond donors (Lipinski definition) is 1. The van der Waals surface area contributed by atoms with Crippen molar-refractivity contribution in [1.29, 1.82) is 0 Å². The van der Waals surface area contributed by atoms with Gasteiger partial charge in [0.2, 0.25) is 0 Å². The van der Waals surface area contributed by atoms with Crippen molar-refractivity contribution in [2.24, 2.45) is 0 Å². The molecule has 2 aromatic carbocycles. The first-order valence-electron chi connectivity index (χ1n) is 7.89. The number of pyridine rings is 1. The van der Waals surface area contributed by atoms with Crippen LogP contribution in [0.5, 0.6) is 0 Å². The molecular weight excluding hydrogens is 329 g/mol. The van der Waals surface area contributed by atoms with E-state index in [4.69, 9.17) is 6.42 Å². The first kappa shape index (κ1) is 17.2. The summed E-state index contributed by atoms with van der Waals surface area (Å²) in [5.74, 6) is 1.67. The minimum Gasteiger partial charge on any atom is -0.343 e. The maximum absolute atomic E-state index is 14.1. The van der Waals surface area contributed by atoms with E-state index in [2.05, 4.69) is 16.2 Å². The fourth-order valence-corrected chi connectivity index (χ4v) is 2.49. The van der Waals surface area contributed by atoms with Gasteiger partial charge in [0.15, 0.2) is 0 Å². The molecule has 0 saturated heterocycles. The Morgan fingerprint density at radius 2 is 2.00 bits per heavy atom. The van der Waals surface area contributed by atoms with Crippen LogP contribution in [0, 0.1) is 18.2 Å². The summed E-state index contributed by atoms with van der Waals surface area (Å²) >= 11 is 0. The fourth-order valence-electron chi connectivity index (χ4n) is 2.49. The molecule has 4 nitrogen and oxygen atoms in total. The molecule has 0 spiro atoms. The number of hydrogen-bond acceptors (Lipinski definition) is 3. The Morgan fingerprint density at radius 1 is 1.15 bits per heavy atom. The van der Waals surface area contributed by atoms with Crippen molar-refractivity contribution >= 4 is 23.0 Å². The Labute approximate surface area is 151 Å². The average Bonchev–Trinajstić information content (AvgIpc) is 2.67. The van der Waals surface area contributed by atoms with Crippen molar-refractivity contribution in [2.45, 2.75) is 0 Å². The SMILES string of the molecule is C#Cc1cccc(C(=O)Nc2cc(F)cc(N(C)c3cccnc3)c2)c1. The van der Waals surface area contributed by atoms with Gasteiger partial charge in [-0.1, -0.05) is 12.0 Å². The second-order valence-corrected chi connectivity index (χ2v) is 5.65. The van der Waals surface area contributed by atoms with Crippen LogP contribution < -0.4 is 10.2 Å². The van der Waals surface area contributed by atoms with Gasteiger partial charge in [0, 0.05) is 35.7 Å². The number of terminal acetylenes is 1. The molecule has 5 heteroatoms. The molecule has 1 amide bonds. The van der Waals surface area contributed by atoms with E-state index in [9.17, 15) is 9.18 Å². The molecule has 3 aromatic rings. The topological polar surface area (TPSA) is 45.2 Å². The van der Waals surface area contributed by atoms with E-state index in [0.29, 0.717) is 22.5 Å². The Kier molecular flexibility index (Phi) is 4.95. The van der Waals surface area contributed by atoms with Gasteiger partial charge in [0.25, 0.3) is 5.91 Å². The lowest BCUT2D eigenvalue weighted by Crippen LogP contribution is -2.14. The molecule has 0 aliphatic carbocycles. The lowest BCUT2D eigenvalue weighted by molar-refractivity contribution is 0.102. The highest BCUT2D eigenvalue weighted by Gasteiger charge is 2.11. The highest BCUT2D eigenvalue weighted by atomic mass is 19.1. The Bertz CT molecular complexity index is 980.